The minimum Gasteiger partial charge on any atom is -0.483 e. The lowest BCUT2D eigenvalue weighted by Gasteiger charge is -2.52. The van der Waals surface area contributed by atoms with Crippen LogP contribution in [0.2, 0.25) is 0 Å². The zero-order valence-corrected chi connectivity index (χ0v) is 22.9. The highest BCUT2D eigenvalue weighted by molar-refractivity contribution is 6.03. The van der Waals surface area contributed by atoms with E-state index in [1.165, 1.54) is 17.2 Å². The number of rotatable bonds is 8. The number of anilines is 2. The van der Waals surface area contributed by atoms with Crippen molar-refractivity contribution < 1.29 is 28.2 Å². The number of pyridine rings is 2. The average molecular weight is 564 g/mol. The Morgan fingerprint density at radius 1 is 1.32 bits per heavy atom. The van der Waals surface area contributed by atoms with Gasteiger partial charge in [0.25, 0.3) is 0 Å². The monoisotopic (exact) mass is 563 g/mol. The van der Waals surface area contributed by atoms with E-state index in [4.69, 9.17) is 9.47 Å². The lowest BCUT2D eigenvalue weighted by atomic mass is 9.68. The van der Waals surface area contributed by atoms with Crippen LogP contribution in [0.3, 0.4) is 0 Å². The Balaban J connectivity index is 1.27. The summed E-state index contributed by atoms with van der Waals surface area (Å²) in [5, 5.41) is 12.2. The van der Waals surface area contributed by atoms with Crippen molar-refractivity contribution in [2.24, 2.45) is 0 Å². The number of methoxy groups -OCH3 is 1. The van der Waals surface area contributed by atoms with Crippen LogP contribution in [0.15, 0.2) is 18.3 Å². The molecule has 13 heteroatoms. The van der Waals surface area contributed by atoms with Crippen LogP contribution in [0.5, 0.6) is 5.75 Å². The fourth-order valence-corrected chi connectivity index (χ4v) is 5.78. The van der Waals surface area contributed by atoms with Gasteiger partial charge < -0.3 is 14.4 Å². The zero-order chi connectivity index (χ0) is 28.9. The van der Waals surface area contributed by atoms with E-state index >= 15 is 4.39 Å². The lowest BCUT2D eigenvalue weighted by Crippen LogP contribution is -2.60. The van der Waals surface area contributed by atoms with Gasteiger partial charge in [-0.25, -0.2) is 19.2 Å². The molecule has 2 aromatic heterocycles. The van der Waals surface area contributed by atoms with Crippen molar-refractivity contribution in [2.45, 2.75) is 49.5 Å². The predicted octanol–water partition coefficient (Wildman–Crippen LogP) is 2.37. The highest BCUT2D eigenvalue weighted by Gasteiger charge is 2.57. The maximum absolute atomic E-state index is 15.8. The second-order valence-corrected chi connectivity index (χ2v) is 11.3. The number of nitrogens with one attached hydrogen (secondary N) is 1. The van der Waals surface area contributed by atoms with E-state index in [9.17, 15) is 19.6 Å². The van der Waals surface area contributed by atoms with Crippen LogP contribution in [0.4, 0.5) is 20.8 Å². The minimum absolute atomic E-state index is 0.0539. The Labute approximate surface area is 236 Å². The van der Waals surface area contributed by atoms with Crippen molar-refractivity contribution in [1.29, 1.82) is 5.26 Å². The van der Waals surface area contributed by atoms with Crippen molar-refractivity contribution in [1.82, 2.24) is 19.8 Å². The normalized spacial score (nSPS) is 24.1. The number of likely N-dealkylation sites (N-methyl/N-ethyl adjacent to an activating group) is 1. The highest BCUT2D eigenvalue weighted by atomic mass is 19.1. The summed E-state index contributed by atoms with van der Waals surface area (Å²) in [5.74, 6) is 0.421. The second-order valence-electron chi connectivity index (χ2n) is 11.3. The number of aldehydes is 1. The standard InChI is InChI=1S/C28H30FN7O5/c1-34-5-6-35(24(38)14-34)13-17-7-20-25(32-21(17)15-37)36(19-9-28(20,29)10-19)26(39)33-23-8-22(18(11-30)12-31-23)41-27(3-4-27)16-40-2/h7-8,12,15,19H,3-6,9-10,13-14,16H2,1-2H3,(H,31,33,39). The van der Waals surface area contributed by atoms with Gasteiger partial charge in [0.05, 0.1) is 19.3 Å². The number of ether oxygens (including phenoxy) is 2. The molecule has 0 unspecified atom stereocenters. The SMILES string of the molecule is COCC1(Oc2cc(NC(=O)N3c4nc(C=O)c(CN5CCN(C)CC5=O)cc4C4(F)CC3C4)ncc2C#N)CC1. The molecule has 2 aromatic rings. The first kappa shape index (κ1) is 27.0. The third-order valence-corrected chi connectivity index (χ3v) is 8.27. The van der Waals surface area contributed by atoms with Gasteiger partial charge in [0.2, 0.25) is 5.91 Å². The average Bonchev–Trinajstić information content (AvgIpc) is 3.68. The molecule has 0 spiro atoms. The van der Waals surface area contributed by atoms with Crippen LogP contribution in [0, 0.1) is 11.3 Å². The minimum atomic E-state index is -1.67. The molecule has 3 aliphatic heterocycles. The van der Waals surface area contributed by atoms with Gasteiger partial charge >= 0.3 is 6.03 Å². The van der Waals surface area contributed by atoms with Crippen molar-refractivity contribution in [3.8, 4) is 11.8 Å². The van der Waals surface area contributed by atoms with Crippen LogP contribution >= 0.6 is 0 Å². The smallest absolute Gasteiger partial charge is 0.328 e. The summed E-state index contributed by atoms with van der Waals surface area (Å²) in [4.78, 5) is 51.7. The zero-order valence-electron chi connectivity index (χ0n) is 22.9. The number of nitriles is 1. The highest BCUT2D eigenvalue weighted by Crippen LogP contribution is 2.56. The molecule has 7 rings (SSSR count). The molecule has 0 aromatic carbocycles. The van der Waals surface area contributed by atoms with Crippen LogP contribution in [0.1, 0.15) is 52.9 Å². The summed E-state index contributed by atoms with van der Waals surface area (Å²) in [6.07, 6.45) is 3.64. The van der Waals surface area contributed by atoms with E-state index in [2.05, 4.69) is 21.4 Å². The van der Waals surface area contributed by atoms with Crippen LogP contribution in [0.25, 0.3) is 0 Å². The Bertz CT molecular complexity index is 1470. The largest absolute Gasteiger partial charge is 0.483 e. The molecule has 3 fully saturated rings. The molecule has 0 atom stereocenters. The molecule has 2 bridgehead atoms. The topological polar surface area (TPSA) is 141 Å². The van der Waals surface area contributed by atoms with Crippen molar-refractivity contribution in [3.63, 3.8) is 0 Å². The van der Waals surface area contributed by atoms with E-state index in [0.29, 0.717) is 31.5 Å². The quantitative estimate of drug-likeness (QED) is 0.479. The summed E-state index contributed by atoms with van der Waals surface area (Å²) < 4.78 is 27.2. The van der Waals surface area contributed by atoms with Crippen LogP contribution in [-0.4, -0.2) is 90.0 Å². The van der Waals surface area contributed by atoms with E-state index in [0.717, 1.165) is 12.8 Å². The summed E-state index contributed by atoms with van der Waals surface area (Å²) in [6, 6.07) is 4.07. The van der Waals surface area contributed by atoms with Gasteiger partial charge in [-0.1, -0.05) is 0 Å². The number of carbonyl (C=O) groups excluding carboxylic acids is 3. The number of nitrogens with zero attached hydrogens (tertiary/aromatic N) is 6. The summed E-state index contributed by atoms with van der Waals surface area (Å²) in [7, 11) is 3.44. The van der Waals surface area contributed by atoms with Crippen LogP contribution < -0.4 is 15.0 Å². The van der Waals surface area contributed by atoms with Gasteiger partial charge in [0, 0.05) is 62.8 Å². The number of piperazine rings is 1. The summed E-state index contributed by atoms with van der Waals surface area (Å²) in [6.45, 7) is 1.94. The Morgan fingerprint density at radius 3 is 2.76 bits per heavy atom. The molecule has 0 radical (unpaired) electrons. The molecular weight excluding hydrogens is 533 g/mol. The van der Waals surface area contributed by atoms with Gasteiger partial charge in [0.15, 0.2) is 6.29 Å². The lowest BCUT2D eigenvalue weighted by molar-refractivity contribution is -0.136. The Hall–Kier alpha value is -4.15. The molecule has 1 saturated heterocycles. The number of amides is 3. The maximum Gasteiger partial charge on any atom is 0.328 e. The fraction of sp³-hybridized carbons (Fsp3) is 0.500. The van der Waals surface area contributed by atoms with Gasteiger partial charge in [-0.2, -0.15) is 5.26 Å². The molecule has 5 heterocycles. The summed E-state index contributed by atoms with van der Waals surface area (Å²) in [5.41, 5.74) is -1.23. The molecular formula is C28H30FN7O5. The maximum atomic E-state index is 15.8. The summed E-state index contributed by atoms with van der Waals surface area (Å²) >= 11 is 0. The predicted molar refractivity (Wildman–Crippen MR) is 143 cm³/mol. The van der Waals surface area contributed by atoms with E-state index in [-0.39, 0.29) is 66.0 Å². The Morgan fingerprint density at radius 2 is 2.10 bits per heavy atom. The van der Waals surface area contributed by atoms with Gasteiger partial charge in [-0.3, -0.25) is 24.7 Å². The molecule has 214 valence electrons. The third-order valence-electron chi connectivity index (χ3n) is 8.27. The molecule has 1 N–H and O–H groups in total. The van der Waals surface area contributed by atoms with Crippen molar-refractivity contribution in [3.05, 3.63) is 40.7 Å². The number of alkyl halides is 1. The van der Waals surface area contributed by atoms with Crippen molar-refractivity contribution in [2.75, 3.05) is 50.6 Å². The first-order chi connectivity index (χ1) is 19.7. The molecule has 2 aliphatic carbocycles. The van der Waals surface area contributed by atoms with Gasteiger partial charge in [0.1, 0.15) is 46.0 Å². The number of aromatic nitrogens is 2. The van der Waals surface area contributed by atoms with E-state index in [1.807, 2.05) is 11.9 Å². The van der Waals surface area contributed by atoms with E-state index < -0.39 is 23.3 Å². The number of hydrogen-bond acceptors (Lipinski definition) is 9. The second kappa shape index (κ2) is 10.0. The molecule has 2 saturated carbocycles. The number of urea groups is 1. The third kappa shape index (κ3) is 4.87. The number of halogens is 1. The van der Waals surface area contributed by atoms with E-state index in [1.54, 1.807) is 18.1 Å². The van der Waals surface area contributed by atoms with Crippen LogP contribution in [-0.2, 0) is 21.7 Å². The van der Waals surface area contributed by atoms with Gasteiger partial charge in [-0.15, -0.1) is 0 Å². The number of hydrogen-bond donors (Lipinski definition) is 1. The number of carbonyl (C=O) groups is 3. The van der Waals surface area contributed by atoms with Gasteiger partial charge in [-0.05, 0) is 26.0 Å². The Kier molecular flexibility index (Phi) is 6.62. The van der Waals surface area contributed by atoms with Crippen molar-refractivity contribution >= 4 is 29.9 Å². The fourth-order valence-electron chi connectivity index (χ4n) is 5.78. The molecule has 41 heavy (non-hydrogen) atoms. The first-order valence-electron chi connectivity index (χ1n) is 13.5. The molecule has 3 amide bonds. The first-order valence-corrected chi connectivity index (χ1v) is 13.5. The molecule has 5 aliphatic rings. The molecule has 12 nitrogen and oxygen atoms in total.